The highest BCUT2D eigenvalue weighted by Gasteiger charge is 2.20. The predicted octanol–water partition coefficient (Wildman–Crippen LogP) is 5.86. The largest absolute Gasteiger partial charge is 0.295 e. The third kappa shape index (κ3) is 1.99. The van der Waals surface area contributed by atoms with Crippen molar-refractivity contribution >= 4 is 38.0 Å². The van der Waals surface area contributed by atoms with E-state index < -0.39 is 0 Å². The molecular weight excluding hydrogens is 324 g/mol. The molecule has 1 heterocycles. The molecular formula is C22H14N2O2. The maximum atomic E-state index is 11.6. The molecule has 0 saturated heterocycles. The summed E-state index contributed by atoms with van der Waals surface area (Å²) in [6.07, 6.45) is 1.68. The Kier molecular flexibility index (Phi) is 2.97. The van der Waals surface area contributed by atoms with Gasteiger partial charge < -0.3 is 0 Å². The molecule has 4 aromatic carbocycles. The van der Waals surface area contributed by atoms with Crippen LogP contribution in [0.1, 0.15) is 5.56 Å². The molecule has 124 valence electrons. The van der Waals surface area contributed by atoms with Gasteiger partial charge in [0.1, 0.15) is 5.69 Å². The van der Waals surface area contributed by atoms with E-state index in [1.54, 1.807) is 12.3 Å². The fourth-order valence-corrected chi connectivity index (χ4v) is 3.84. The van der Waals surface area contributed by atoms with Gasteiger partial charge in [-0.3, -0.25) is 10.1 Å². The minimum Gasteiger partial charge on any atom is -0.258 e. The Bertz CT molecular complexity index is 1310. The van der Waals surface area contributed by atoms with E-state index in [-0.39, 0.29) is 10.6 Å². The number of pyridine rings is 1. The second kappa shape index (κ2) is 5.23. The maximum absolute atomic E-state index is 11.6. The van der Waals surface area contributed by atoms with Gasteiger partial charge in [0.2, 0.25) is 0 Å². The van der Waals surface area contributed by atoms with Gasteiger partial charge in [-0.15, -0.1) is 0 Å². The van der Waals surface area contributed by atoms with Crippen LogP contribution in [-0.2, 0) is 0 Å². The summed E-state index contributed by atoms with van der Waals surface area (Å²) in [7, 11) is 0. The molecule has 0 saturated carbocycles. The number of nitrogens with zero attached hydrogens (tertiary/aromatic N) is 2. The first-order chi connectivity index (χ1) is 12.6. The van der Waals surface area contributed by atoms with Gasteiger partial charge in [-0.2, -0.15) is 0 Å². The molecule has 5 aromatic rings. The minimum absolute atomic E-state index is 0.0417. The molecule has 0 aliphatic heterocycles. The van der Waals surface area contributed by atoms with Gasteiger partial charge >= 0.3 is 0 Å². The Balaban J connectivity index is 1.95. The highest BCUT2D eigenvalue weighted by molar-refractivity contribution is 6.25. The van der Waals surface area contributed by atoms with Gasteiger partial charge in [0.25, 0.3) is 5.69 Å². The van der Waals surface area contributed by atoms with Crippen molar-refractivity contribution in [1.82, 2.24) is 4.98 Å². The van der Waals surface area contributed by atoms with Crippen LogP contribution in [0.4, 0.5) is 5.69 Å². The molecule has 0 N–H and O–H groups in total. The third-order valence-electron chi connectivity index (χ3n) is 4.98. The lowest BCUT2D eigenvalue weighted by Gasteiger charge is -2.13. The average Bonchev–Trinajstić information content (AvgIpc) is 2.66. The molecule has 4 heteroatoms. The van der Waals surface area contributed by atoms with E-state index in [0.717, 1.165) is 27.3 Å². The van der Waals surface area contributed by atoms with Crippen molar-refractivity contribution in [2.24, 2.45) is 0 Å². The van der Waals surface area contributed by atoms with Gasteiger partial charge in [-0.25, -0.2) is 4.98 Å². The van der Waals surface area contributed by atoms with Crippen molar-refractivity contribution < 1.29 is 4.92 Å². The van der Waals surface area contributed by atoms with Crippen LogP contribution in [0, 0.1) is 17.0 Å². The Morgan fingerprint density at radius 3 is 2.27 bits per heavy atom. The topological polar surface area (TPSA) is 56.0 Å². The van der Waals surface area contributed by atoms with E-state index in [1.807, 2.05) is 25.1 Å². The van der Waals surface area contributed by atoms with E-state index in [2.05, 4.69) is 41.4 Å². The van der Waals surface area contributed by atoms with Crippen LogP contribution in [-0.4, -0.2) is 9.91 Å². The first kappa shape index (κ1) is 14.8. The quantitative estimate of drug-likeness (QED) is 0.230. The summed E-state index contributed by atoms with van der Waals surface area (Å²) in [4.78, 5) is 15.6. The van der Waals surface area contributed by atoms with E-state index >= 15 is 0 Å². The van der Waals surface area contributed by atoms with E-state index in [1.165, 1.54) is 16.2 Å². The molecule has 5 rings (SSSR count). The second-order valence-corrected chi connectivity index (χ2v) is 6.61. The van der Waals surface area contributed by atoms with Crippen molar-refractivity contribution in [3.8, 4) is 11.3 Å². The zero-order chi connectivity index (χ0) is 17.8. The molecule has 0 aliphatic carbocycles. The Hall–Kier alpha value is -3.53. The summed E-state index contributed by atoms with van der Waals surface area (Å²) < 4.78 is 0. The van der Waals surface area contributed by atoms with Crippen LogP contribution >= 0.6 is 0 Å². The molecule has 0 fully saturated rings. The van der Waals surface area contributed by atoms with Gasteiger partial charge in [-0.05, 0) is 44.8 Å². The average molecular weight is 338 g/mol. The molecule has 0 amide bonds. The first-order valence-corrected chi connectivity index (χ1v) is 8.41. The standard InChI is InChI=1S/C22H14N2O2/c1-13-11-19(24(25)26)22(23-12-13)18-10-8-16-6-5-14-3-2-4-15-7-9-17(18)21(16)20(14)15/h2-12H,1H3. The van der Waals surface area contributed by atoms with Crippen LogP contribution < -0.4 is 0 Å². The second-order valence-electron chi connectivity index (χ2n) is 6.61. The van der Waals surface area contributed by atoms with Crippen molar-refractivity contribution in [3.05, 3.63) is 82.5 Å². The number of hydrogen-bond donors (Lipinski definition) is 0. The van der Waals surface area contributed by atoms with Crippen LogP contribution in [0.5, 0.6) is 0 Å². The van der Waals surface area contributed by atoms with Crippen molar-refractivity contribution in [3.63, 3.8) is 0 Å². The summed E-state index contributed by atoms with van der Waals surface area (Å²) in [5, 5.41) is 18.4. The summed E-state index contributed by atoms with van der Waals surface area (Å²) in [5.74, 6) is 0. The highest BCUT2D eigenvalue weighted by Crippen LogP contribution is 2.40. The van der Waals surface area contributed by atoms with Crippen LogP contribution in [0.3, 0.4) is 0 Å². The first-order valence-electron chi connectivity index (χ1n) is 8.41. The third-order valence-corrected chi connectivity index (χ3v) is 4.98. The van der Waals surface area contributed by atoms with Gasteiger partial charge in [0.05, 0.1) is 4.92 Å². The molecule has 1 aromatic heterocycles. The summed E-state index contributed by atoms with van der Waals surface area (Å²) >= 11 is 0. The van der Waals surface area contributed by atoms with Crippen molar-refractivity contribution in [2.45, 2.75) is 6.92 Å². The normalized spacial score (nSPS) is 11.6. The van der Waals surface area contributed by atoms with Crippen LogP contribution in [0.25, 0.3) is 43.6 Å². The Morgan fingerprint density at radius 2 is 1.54 bits per heavy atom. The molecule has 0 unspecified atom stereocenters. The van der Waals surface area contributed by atoms with Gasteiger partial charge in [0, 0.05) is 17.8 Å². The van der Waals surface area contributed by atoms with Gasteiger partial charge in [0.15, 0.2) is 0 Å². The van der Waals surface area contributed by atoms with Crippen molar-refractivity contribution in [2.75, 3.05) is 0 Å². The molecule has 0 spiro atoms. The number of aromatic nitrogens is 1. The number of nitro groups is 1. The highest BCUT2D eigenvalue weighted by atomic mass is 16.6. The van der Waals surface area contributed by atoms with Crippen LogP contribution in [0.2, 0.25) is 0 Å². The zero-order valence-corrected chi connectivity index (χ0v) is 14.1. The maximum Gasteiger partial charge on any atom is 0.295 e. The minimum atomic E-state index is -0.354. The monoisotopic (exact) mass is 338 g/mol. The van der Waals surface area contributed by atoms with E-state index in [4.69, 9.17) is 0 Å². The SMILES string of the molecule is Cc1cnc(-c2ccc3ccc4cccc5ccc2c3c45)c([N+](=O)[O-])c1. The van der Waals surface area contributed by atoms with E-state index in [0.29, 0.717) is 5.69 Å². The smallest absolute Gasteiger partial charge is 0.258 e. The van der Waals surface area contributed by atoms with Crippen molar-refractivity contribution in [1.29, 1.82) is 0 Å². The lowest BCUT2D eigenvalue weighted by Crippen LogP contribution is -1.97. The lowest BCUT2D eigenvalue weighted by molar-refractivity contribution is -0.384. The molecule has 0 bridgehead atoms. The molecule has 0 atom stereocenters. The zero-order valence-electron chi connectivity index (χ0n) is 14.1. The number of rotatable bonds is 2. The fourth-order valence-electron chi connectivity index (χ4n) is 3.84. The Labute approximate surface area is 149 Å². The summed E-state index contributed by atoms with van der Waals surface area (Å²) in [5.41, 5.74) is 2.03. The van der Waals surface area contributed by atoms with E-state index in [9.17, 15) is 10.1 Å². The fraction of sp³-hybridized carbons (Fsp3) is 0.0455. The molecule has 0 radical (unpaired) electrons. The molecule has 26 heavy (non-hydrogen) atoms. The predicted molar refractivity (Wildman–Crippen MR) is 105 cm³/mol. The van der Waals surface area contributed by atoms with Crippen LogP contribution in [0.15, 0.2) is 66.9 Å². The summed E-state index contributed by atoms with van der Waals surface area (Å²) in [6.45, 7) is 1.81. The number of aryl methyl sites for hydroxylation is 1. The lowest BCUT2D eigenvalue weighted by atomic mass is 9.91. The Morgan fingerprint density at radius 1 is 0.885 bits per heavy atom. The number of hydrogen-bond acceptors (Lipinski definition) is 3. The molecule has 0 aliphatic rings. The summed E-state index contributed by atoms with van der Waals surface area (Å²) in [6, 6.07) is 20.1. The number of benzene rings is 4. The molecule has 4 nitrogen and oxygen atoms in total. The van der Waals surface area contributed by atoms with Gasteiger partial charge in [-0.1, -0.05) is 54.6 Å².